The number of halogens is 1. The lowest BCUT2D eigenvalue weighted by Crippen LogP contribution is -2.11. The molecule has 0 aliphatic heterocycles. The highest BCUT2D eigenvalue weighted by Gasteiger charge is 2.05. The van der Waals surface area contributed by atoms with Crippen molar-refractivity contribution in [1.29, 1.82) is 0 Å². The maximum atomic E-state index is 13.1. The SMILES string of the molecule is CCc1ccccc1N(F)CC. The van der Waals surface area contributed by atoms with Crippen molar-refractivity contribution < 1.29 is 4.48 Å². The van der Waals surface area contributed by atoms with E-state index in [9.17, 15) is 4.48 Å². The lowest BCUT2D eigenvalue weighted by molar-refractivity contribution is 0.443. The minimum atomic E-state index is 0.400. The molecule has 0 spiro atoms. The van der Waals surface area contributed by atoms with Crippen LogP contribution in [0.15, 0.2) is 24.3 Å². The van der Waals surface area contributed by atoms with Crippen LogP contribution in [0, 0.1) is 0 Å². The van der Waals surface area contributed by atoms with Crippen molar-refractivity contribution in [3.05, 3.63) is 29.8 Å². The molecule has 0 bridgehead atoms. The molecule has 0 amide bonds. The van der Waals surface area contributed by atoms with Crippen LogP contribution in [0.5, 0.6) is 0 Å². The summed E-state index contributed by atoms with van der Waals surface area (Å²) in [6, 6.07) is 7.56. The number of anilines is 1. The molecular weight excluding hydrogens is 153 g/mol. The van der Waals surface area contributed by atoms with Gasteiger partial charge in [0.05, 0.1) is 5.69 Å². The maximum Gasteiger partial charge on any atom is 0.0719 e. The molecule has 0 fully saturated rings. The van der Waals surface area contributed by atoms with E-state index in [1.54, 1.807) is 6.92 Å². The van der Waals surface area contributed by atoms with Crippen LogP contribution in [-0.4, -0.2) is 6.54 Å². The topological polar surface area (TPSA) is 3.24 Å². The highest BCUT2D eigenvalue weighted by Crippen LogP contribution is 2.20. The van der Waals surface area contributed by atoms with Gasteiger partial charge < -0.3 is 0 Å². The van der Waals surface area contributed by atoms with Crippen LogP contribution in [0.25, 0.3) is 0 Å². The zero-order chi connectivity index (χ0) is 8.97. The summed E-state index contributed by atoms with van der Waals surface area (Å²) in [5.74, 6) is 0. The molecule has 0 saturated carbocycles. The largest absolute Gasteiger partial charge is 0.212 e. The number of benzene rings is 1. The number of nitrogens with zero attached hydrogens (tertiary/aromatic N) is 1. The van der Waals surface area contributed by atoms with E-state index in [1.807, 2.05) is 31.2 Å². The van der Waals surface area contributed by atoms with Crippen molar-refractivity contribution in [2.75, 3.05) is 11.7 Å². The van der Waals surface area contributed by atoms with Crippen LogP contribution in [0.2, 0.25) is 0 Å². The van der Waals surface area contributed by atoms with Crippen molar-refractivity contribution in [1.82, 2.24) is 0 Å². The Labute approximate surface area is 72.8 Å². The summed E-state index contributed by atoms with van der Waals surface area (Å²) in [7, 11) is 0. The smallest absolute Gasteiger partial charge is 0.0719 e. The summed E-state index contributed by atoms with van der Waals surface area (Å²) < 4.78 is 13.1. The summed E-state index contributed by atoms with van der Waals surface area (Å²) >= 11 is 0. The number of hydrogen-bond donors (Lipinski definition) is 0. The first-order valence-corrected chi connectivity index (χ1v) is 4.30. The second-order valence-corrected chi connectivity index (χ2v) is 2.66. The summed E-state index contributed by atoms with van der Waals surface area (Å²) in [6.45, 7) is 4.23. The Morgan fingerprint density at radius 1 is 1.25 bits per heavy atom. The lowest BCUT2D eigenvalue weighted by atomic mass is 10.1. The van der Waals surface area contributed by atoms with Gasteiger partial charge in [0, 0.05) is 6.54 Å². The molecule has 0 radical (unpaired) electrons. The third-order valence-electron chi connectivity index (χ3n) is 1.91. The molecule has 66 valence electrons. The first-order chi connectivity index (χ1) is 5.79. The molecule has 0 saturated heterocycles. The average molecular weight is 167 g/mol. The maximum absolute atomic E-state index is 13.1. The molecule has 0 aliphatic carbocycles. The molecule has 1 nitrogen and oxygen atoms in total. The normalized spacial score (nSPS) is 9.92. The average Bonchev–Trinajstić information content (AvgIpc) is 2.16. The molecule has 1 aromatic carbocycles. The molecule has 12 heavy (non-hydrogen) atoms. The monoisotopic (exact) mass is 167 g/mol. The van der Waals surface area contributed by atoms with Gasteiger partial charge in [0.15, 0.2) is 0 Å². The van der Waals surface area contributed by atoms with Crippen molar-refractivity contribution in [2.24, 2.45) is 0 Å². The Hall–Kier alpha value is -1.05. The molecule has 0 heterocycles. The van der Waals surface area contributed by atoms with E-state index < -0.39 is 0 Å². The van der Waals surface area contributed by atoms with Crippen LogP contribution < -0.4 is 5.12 Å². The lowest BCUT2D eigenvalue weighted by Gasteiger charge is -2.14. The van der Waals surface area contributed by atoms with Crippen molar-refractivity contribution >= 4 is 5.69 Å². The van der Waals surface area contributed by atoms with Gasteiger partial charge in [0.1, 0.15) is 0 Å². The van der Waals surface area contributed by atoms with E-state index >= 15 is 0 Å². The number of hydrogen-bond acceptors (Lipinski definition) is 1. The number of aryl methyl sites for hydroxylation is 1. The fourth-order valence-electron chi connectivity index (χ4n) is 1.22. The molecular formula is C10H14FN. The summed E-state index contributed by atoms with van der Waals surface area (Å²) in [5, 5.41) is 0.777. The Morgan fingerprint density at radius 3 is 2.50 bits per heavy atom. The molecule has 2 heteroatoms. The van der Waals surface area contributed by atoms with Gasteiger partial charge in [-0.25, -0.2) is 5.12 Å². The van der Waals surface area contributed by atoms with Gasteiger partial charge in [-0.05, 0) is 25.0 Å². The quantitative estimate of drug-likeness (QED) is 0.625. The van der Waals surface area contributed by atoms with E-state index in [0.29, 0.717) is 12.2 Å². The fourth-order valence-corrected chi connectivity index (χ4v) is 1.22. The van der Waals surface area contributed by atoms with E-state index in [-0.39, 0.29) is 0 Å². The molecule has 0 unspecified atom stereocenters. The van der Waals surface area contributed by atoms with Crippen LogP contribution in [0.4, 0.5) is 10.2 Å². The van der Waals surface area contributed by atoms with Crippen LogP contribution in [0.1, 0.15) is 19.4 Å². The second kappa shape index (κ2) is 4.10. The Balaban J connectivity index is 2.96. The fraction of sp³-hybridized carbons (Fsp3) is 0.400. The van der Waals surface area contributed by atoms with E-state index in [0.717, 1.165) is 17.1 Å². The number of para-hydroxylation sites is 1. The molecule has 1 rings (SSSR count). The third-order valence-corrected chi connectivity index (χ3v) is 1.91. The van der Waals surface area contributed by atoms with Gasteiger partial charge in [-0.3, -0.25) is 0 Å². The zero-order valence-corrected chi connectivity index (χ0v) is 7.55. The van der Waals surface area contributed by atoms with Gasteiger partial charge in [0.25, 0.3) is 0 Å². The highest BCUT2D eigenvalue weighted by molar-refractivity contribution is 5.51. The van der Waals surface area contributed by atoms with Crippen molar-refractivity contribution in [3.8, 4) is 0 Å². The van der Waals surface area contributed by atoms with Crippen LogP contribution in [-0.2, 0) is 6.42 Å². The Bertz CT molecular complexity index is 247. The summed E-state index contributed by atoms with van der Waals surface area (Å²) in [4.78, 5) is 0. The van der Waals surface area contributed by atoms with Gasteiger partial charge in [-0.15, -0.1) is 0 Å². The predicted octanol–water partition coefficient (Wildman–Crippen LogP) is 2.96. The van der Waals surface area contributed by atoms with E-state index in [1.165, 1.54) is 0 Å². The second-order valence-electron chi connectivity index (χ2n) is 2.66. The van der Waals surface area contributed by atoms with Crippen LogP contribution in [0.3, 0.4) is 0 Å². The first kappa shape index (κ1) is 9.04. The van der Waals surface area contributed by atoms with Crippen molar-refractivity contribution in [3.63, 3.8) is 0 Å². The molecule has 0 atom stereocenters. The molecule has 0 aromatic heterocycles. The molecule has 1 aromatic rings. The van der Waals surface area contributed by atoms with Crippen LogP contribution >= 0.6 is 0 Å². The van der Waals surface area contributed by atoms with Gasteiger partial charge in [-0.2, -0.15) is 0 Å². The zero-order valence-electron chi connectivity index (χ0n) is 7.55. The first-order valence-electron chi connectivity index (χ1n) is 4.30. The minimum Gasteiger partial charge on any atom is -0.212 e. The third kappa shape index (κ3) is 1.76. The molecule has 0 aliphatic rings. The predicted molar refractivity (Wildman–Crippen MR) is 49.9 cm³/mol. The van der Waals surface area contributed by atoms with Gasteiger partial charge in [0.2, 0.25) is 0 Å². The van der Waals surface area contributed by atoms with Crippen molar-refractivity contribution in [2.45, 2.75) is 20.3 Å². The Morgan fingerprint density at radius 2 is 1.92 bits per heavy atom. The molecule has 0 N–H and O–H groups in total. The van der Waals surface area contributed by atoms with Gasteiger partial charge >= 0.3 is 0 Å². The van der Waals surface area contributed by atoms with E-state index in [2.05, 4.69) is 0 Å². The number of rotatable bonds is 3. The highest BCUT2D eigenvalue weighted by atomic mass is 19.2. The Kier molecular flexibility index (Phi) is 3.09. The van der Waals surface area contributed by atoms with E-state index in [4.69, 9.17) is 0 Å². The minimum absolute atomic E-state index is 0.400. The van der Waals surface area contributed by atoms with Gasteiger partial charge in [-0.1, -0.05) is 29.6 Å². The summed E-state index contributed by atoms with van der Waals surface area (Å²) in [5.41, 5.74) is 1.75. The summed E-state index contributed by atoms with van der Waals surface area (Å²) in [6.07, 6.45) is 0.872. The standard InChI is InChI=1S/C10H14FN/c1-3-9-7-5-6-8-10(9)12(11)4-2/h5-8H,3-4H2,1-2H3.